The zero-order valence-electron chi connectivity index (χ0n) is 12.3. The molecule has 2 saturated heterocycles. The van der Waals surface area contributed by atoms with Gasteiger partial charge in [-0.05, 0) is 25.3 Å². The number of ether oxygens (including phenoxy) is 1. The Balaban J connectivity index is 1.51. The molecule has 0 unspecified atom stereocenters. The molecule has 0 aromatic carbocycles. The molecule has 118 valence electrons. The van der Waals surface area contributed by atoms with Crippen LogP contribution < -0.4 is 5.32 Å². The minimum Gasteiger partial charge on any atom is -0.376 e. The smallest absolute Gasteiger partial charge is 0.271 e. The second-order valence-corrected chi connectivity index (χ2v) is 6.43. The molecule has 7 heteroatoms. The molecule has 1 aliphatic carbocycles. The number of carbonyl (C=O) groups is 2. The molecule has 3 aliphatic rings. The Morgan fingerprint density at radius 2 is 2.18 bits per heavy atom. The Labute approximate surface area is 128 Å². The number of hydrogen-bond acceptors (Lipinski definition) is 4. The van der Waals surface area contributed by atoms with Crippen LogP contribution in [0.5, 0.6) is 0 Å². The number of aromatic nitrogens is 2. The standard InChI is InChI=1S/C15H20N4O3/c20-14(17-9-1-2-9)11-7-19(8-13-10(11)4-6-22-13)15(21)12-3-5-16-18-12/h3,5,9-11,13H,1-2,4,6-8H2,(H,16,18)(H,17,20)/t10-,11+,13+/m0/s1. The van der Waals surface area contributed by atoms with Crippen molar-refractivity contribution in [2.24, 2.45) is 11.8 Å². The van der Waals surface area contributed by atoms with Crippen molar-refractivity contribution in [3.8, 4) is 0 Å². The monoisotopic (exact) mass is 304 g/mol. The van der Waals surface area contributed by atoms with Crippen LogP contribution in [-0.2, 0) is 9.53 Å². The van der Waals surface area contributed by atoms with E-state index in [0.717, 1.165) is 19.3 Å². The van der Waals surface area contributed by atoms with Crippen molar-refractivity contribution in [2.45, 2.75) is 31.4 Å². The van der Waals surface area contributed by atoms with Gasteiger partial charge in [0.15, 0.2) is 0 Å². The highest BCUT2D eigenvalue weighted by atomic mass is 16.5. The molecule has 22 heavy (non-hydrogen) atoms. The summed E-state index contributed by atoms with van der Waals surface area (Å²) < 4.78 is 5.76. The normalized spacial score (nSPS) is 30.9. The number of carbonyl (C=O) groups excluding carboxylic acids is 2. The second-order valence-electron chi connectivity index (χ2n) is 6.43. The van der Waals surface area contributed by atoms with Gasteiger partial charge in [0.25, 0.3) is 5.91 Å². The molecule has 7 nitrogen and oxygen atoms in total. The fraction of sp³-hybridized carbons (Fsp3) is 0.667. The quantitative estimate of drug-likeness (QED) is 0.833. The van der Waals surface area contributed by atoms with Gasteiger partial charge < -0.3 is 15.0 Å². The van der Waals surface area contributed by atoms with Crippen LogP contribution in [0, 0.1) is 11.8 Å². The van der Waals surface area contributed by atoms with Gasteiger partial charge in [-0.15, -0.1) is 0 Å². The van der Waals surface area contributed by atoms with Gasteiger partial charge in [-0.3, -0.25) is 14.7 Å². The number of likely N-dealkylation sites (tertiary alicyclic amines) is 1. The molecule has 3 atom stereocenters. The SMILES string of the molecule is O=C(NC1CC1)[C@@H]1CN(C(=O)c2ccn[nH]2)C[C@H]2OCC[C@H]21. The van der Waals surface area contributed by atoms with E-state index in [2.05, 4.69) is 15.5 Å². The van der Waals surface area contributed by atoms with Gasteiger partial charge in [-0.25, -0.2) is 0 Å². The molecule has 3 heterocycles. The predicted molar refractivity (Wildman–Crippen MR) is 77.0 cm³/mol. The van der Waals surface area contributed by atoms with Crippen LogP contribution >= 0.6 is 0 Å². The van der Waals surface area contributed by atoms with E-state index >= 15 is 0 Å². The van der Waals surface area contributed by atoms with E-state index in [1.54, 1.807) is 17.2 Å². The average molecular weight is 304 g/mol. The van der Waals surface area contributed by atoms with E-state index in [9.17, 15) is 9.59 Å². The summed E-state index contributed by atoms with van der Waals surface area (Å²) in [5.74, 6) is 0.0130. The first-order valence-electron chi connectivity index (χ1n) is 7.93. The highest BCUT2D eigenvalue weighted by Crippen LogP contribution is 2.35. The van der Waals surface area contributed by atoms with Crippen molar-refractivity contribution in [1.29, 1.82) is 0 Å². The molecule has 4 rings (SSSR count). The molecule has 2 N–H and O–H groups in total. The van der Waals surface area contributed by atoms with Crippen molar-refractivity contribution >= 4 is 11.8 Å². The first kappa shape index (κ1) is 13.8. The fourth-order valence-electron chi connectivity index (χ4n) is 3.50. The second kappa shape index (κ2) is 5.39. The summed E-state index contributed by atoms with van der Waals surface area (Å²) >= 11 is 0. The maximum atomic E-state index is 12.5. The van der Waals surface area contributed by atoms with Crippen LogP contribution in [-0.4, -0.2) is 58.8 Å². The third-order valence-corrected chi connectivity index (χ3v) is 4.87. The predicted octanol–water partition coefficient (Wildman–Crippen LogP) is 0.165. The summed E-state index contributed by atoms with van der Waals surface area (Å²) in [5.41, 5.74) is 0.456. The lowest BCUT2D eigenvalue weighted by molar-refractivity contribution is -0.130. The van der Waals surface area contributed by atoms with E-state index in [0.29, 0.717) is 31.4 Å². The summed E-state index contributed by atoms with van der Waals surface area (Å²) in [7, 11) is 0. The fourth-order valence-corrected chi connectivity index (χ4v) is 3.50. The molecular weight excluding hydrogens is 284 g/mol. The molecule has 3 fully saturated rings. The Morgan fingerprint density at radius 1 is 1.32 bits per heavy atom. The number of rotatable bonds is 3. The molecule has 2 aliphatic heterocycles. The lowest BCUT2D eigenvalue weighted by atomic mass is 9.82. The lowest BCUT2D eigenvalue weighted by Crippen LogP contribution is -2.54. The van der Waals surface area contributed by atoms with E-state index in [1.165, 1.54) is 0 Å². The molecule has 0 radical (unpaired) electrons. The van der Waals surface area contributed by atoms with E-state index < -0.39 is 0 Å². The first-order chi connectivity index (χ1) is 10.7. The molecule has 2 amide bonds. The number of H-pyrrole nitrogens is 1. The Bertz CT molecular complexity index is 569. The van der Waals surface area contributed by atoms with Crippen molar-refractivity contribution in [1.82, 2.24) is 20.4 Å². The van der Waals surface area contributed by atoms with Crippen molar-refractivity contribution in [3.63, 3.8) is 0 Å². The van der Waals surface area contributed by atoms with E-state index in [-0.39, 0.29) is 29.8 Å². The highest BCUT2D eigenvalue weighted by molar-refractivity contribution is 5.93. The summed E-state index contributed by atoms with van der Waals surface area (Å²) in [5, 5.41) is 9.60. The van der Waals surface area contributed by atoms with Gasteiger partial charge in [-0.1, -0.05) is 0 Å². The van der Waals surface area contributed by atoms with Crippen LogP contribution in [0.4, 0.5) is 0 Å². The first-order valence-corrected chi connectivity index (χ1v) is 7.93. The van der Waals surface area contributed by atoms with Crippen molar-refractivity contribution < 1.29 is 14.3 Å². The Kier molecular flexibility index (Phi) is 3.37. The third kappa shape index (κ3) is 2.49. The van der Waals surface area contributed by atoms with E-state index in [4.69, 9.17) is 4.74 Å². The van der Waals surface area contributed by atoms with Gasteiger partial charge >= 0.3 is 0 Å². The largest absolute Gasteiger partial charge is 0.376 e. The van der Waals surface area contributed by atoms with Crippen LogP contribution in [0.15, 0.2) is 12.3 Å². The molecule has 1 aromatic rings. The Hall–Kier alpha value is -1.89. The van der Waals surface area contributed by atoms with Gasteiger partial charge in [0.2, 0.25) is 5.91 Å². The number of amides is 2. The summed E-state index contributed by atoms with van der Waals surface area (Å²) in [4.78, 5) is 26.8. The average Bonchev–Trinajstić information content (AvgIpc) is 3.03. The van der Waals surface area contributed by atoms with Gasteiger partial charge in [0.05, 0.1) is 12.0 Å². The van der Waals surface area contributed by atoms with Crippen LogP contribution in [0.2, 0.25) is 0 Å². The van der Waals surface area contributed by atoms with Crippen molar-refractivity contribution in [2.75, 3.05) is 19.7 Å². The molecule has 0 spiro atoms. The maximum Gasteiger partial charge on any atom is 0.271 e. The zero-order chi connectivity index (χ0) is 15.1. The van der Waals surface area contributed by atoms with E-state index in [1.807, 2.05) is 0 Å². The van der Waals surface area contributed by atoms with Gasteiger partial charge in [0.1, 0.15) is 5.69 Å². The number of hydrogen-bond donors (Lipinski definition) is 2. The molecule has 0 bridgehead atoms. The van der Waals surface area contributed by atoms with Gasteiger partial charge in [0, 0.05) is 37.9 Å². The number of aromatic amines is 1. The summed E-state index contributed by atoms with van der Waals surface area (Å²) in [6.45, 7) is 1.69. The maximum absolute atomic E-state index is 12.5. The Morgan fingerprint density at radius 3 is 2.91 bits per heavy atom. The minimum atomic E-state index is -0.172. The summed E-state index contributed by atoms with van der Waals surface area (Å²) in [6, 6.07) is 2.00. The number of nitrogens with one attached hydrogen (secondary N) is 2. The van der Waals surface area contributed by atoms with Crippen LogP contribution in [0.25, 0.3) is 0 Å². The molecular formula is C15H20N4O3. The number of piperidine rings is 1. The topological polar surface area (TPSA) is 87.3 Å². The van der Waals surface area contributed by atoms with Crippen LogP contribution in [0.1, 0.15) is 29.8 Å². The van der Waals surface area contributed by atoms with Crippen LogP contribution in [0.3, 0.4) is 0 Å². The molecule has 1 saturated carbocycles. The zero-order valence-corrected chi connectivity index (χ0v) is 12.3. The lowest BCUT2D eigenvalue weighted by Gasteiger charge is -2.39. The molecule has 1 aromatic heterocycles. The number of fused-ring (bicyclic) bond motifs is 1. The summed E-state index contributed by atoms with van der Waals surface area (Å²) in [6.07, 6.45) is 4.57. The minimum absolute atomic E-state index is 0.0319. The van der Waals surface area contributed by atoms with Gasteiger partial charge in [-0.2, -0.15) is 5.10 Å². The third-order valence-electron chi connectivity index (χ3n) is 4.87. The number of nitrogens with zero attached hydrogens (tertiary/aromatic N) is 2. The van der Waals surface area contributed by atoms with Crippen molar-refractivity contribution in [3.05, 3.63) is 18.0 Å². The highest BCUT2D eigenvalue weighted by Gasteiger charge is 2.46.